The van der Waals surface area contributed by atoms with Crippen molar-refractivity contribution in [2.75, 3.05) is 23.6 Å². The summed E-state index contributed by atoms with van der Waals surface area (Å²) in [5.41, 5.74) is 0.142. The first-order valence-electron chi connectivity index (χ1n) is 5.21. The Balaban J connectivity index is 2.78. The number of hydrogen-bond acceptors (Lipinski definition) is 3. The molecule has 0 aromatic heterocycles. The monoisotopic (exact) mass is 314 g/mol. The molecule has 102 valence electrons. The van der Waals surface area contributed by atoms with Crippen LogP contribution in [0.2, 0.25) is 10.0 Å². The highest BCUT2D eigenvalue weighted by molar-refractivity contribution is 7.92. The molecule has 1 aromatic carbocycles. The van der Waals surface area contributed by atoms with E-state index < -0.39 is 15.8 Å². The lowest BCUT2D eigenvalue weighted by molar-refractivity contribution is 0.597. The summed E-state index contributed by atoms with van der Waals surface area (Å²) in [4.78, 5) is 0. The molecule has 0 radical (unpaired) electrons. The molecule has 0 amide bonds. The van der Waals surface area contributed by atoms with Gasteiger partial charge >= 0.3 is 0 Å². The number of hydrogen-bond donors (Lipinski definition) is 2. The van der Waals surface area contributed by atoms with Crippen LogP contribution in [0.5, 0.6) is 0 Å². The Bertz CT molecular complexity index is 500. The lowest BCUT2D eigenvalue weighted by atomic mass is 10.3. The van der Waals surface area contributed by atoms with Crippen molar-refractivity contribution in [3.8, 4) is 0 Å². The molecule has 1 rings (SSSR count). The molecule has 0 atom stereocenters. The summed E-state index contributed by atoms with van der Waals surface area (Å²) in [6.45, 7) is 2.89. The van der Waals surface area contributed by atoms with Crippen LogP contribution in [0, 0.1) is 5.82 Å². The lowest BCUT2D eigenvalue weighted by Crippen LogP contribution is -2.26. The van der Waals surface area contributed by atoms with Crippen LogP contribution in [0.4, 0.5) is 10.1 Å². The maximum Gasteiger partial charge on any atom is 0.233 e. The van der Waals surface area contributed by atoms with Gasteiger partial charge in [-0.25, -0.2) is 12.8 Å². The average Bonchev–Trinajstić information content (AvgIpc) is 2.25. The van der Waals surface area contributed by atoms with E-state index in [1.807, 2.05) is 6.92 Å². The zero-order chi connectivity index (χ0) is 13.8. The third kappa shape index (κ3) is 4.61. The van der Waals surface area contributed by atoms with Crippen molar-refractivity contribution >= 4 is 38.9 Å². The third-order valence-electron chi connectivity index (χ3n) is 2.05. The van der Waals surface area contributed by atoms with Crippen LogP contribution in [0.1, 0.15) is 6.92 Å². The first-order valence-corrected chi connectivity index (χ1v) is 7.62. The topological polar surface area (TPSA) is 58.2 Å². The minimum absolute atomic E-state index is 0.0898. The Kier molecular flexibility index (Phi) is 5.65. The van der Waals surface area contributed by atoms with Gasteiger partial charge in [0, 0.05) is 6.54 Å². The molecule has 0 saturated carbocycles. The largest absolute Gasteiger partial charge is 0.316 e. The molecular weight excluding hydrogens is 302 g/mol. The van der Waals surface area contributed by atoms with Gasteiger partial charge in [-0.15, -0.1) is 0 Å². The van der Waals surface area contributed by atoms with Crippen LogP contribution in [-0.2, 0) is 10.0 Å². The number of rotatable bonds is 6. The SMILES string of the molecule is CCNCCS(=O)(=O)Nc1cc(Cl)c(F)c(Cl)c1. The molecule has 0 saturated heterocycles. The van der Waals surface area contributed by atoms with Crippen LogP contribution < -0.4 is 10.0 Å². The molecule has 8 heteroatoms. The zero-order valence-electron chi connectivity index (χ0n) is 9.63. The molecule has 18 heavy (non-hydrogen) atoms. The fraction of sp³-hybridized carbons (Fsp3) is 0.400. The highest BCUT2D eigenvalue weighted by Crippen LogP contribution is 2.27. The Morgan fingerprint density at radius 3 is 2.33 bits per heavy atom. The van der Waals surface area contributed by atoms with E-state index in [0.29, 0.717) is 13.1 Å². The van der Waals surface area contributed by atoms with Gasteiger partial charge in [-0.1, -0.05) is 30.1 Å². The zero-order valence-corrected chi connectivity index (χ0v) is 12.0. The van der Waals surface area contributed by atoms with Crippen molar-refractivity contribution in [3.63, 3.8) is 0 Å². The van der Waals surface area contributed by atoms with Gasteiger partial charge in [0.15, 0.2) is 5.82 Å². The van der Waals surface area contributed by atoms with Crippen molar-refractivity contribution in [1.82, 2.24) is 5.32 Å². The van der Waals surface area contributed by atoms with Crippen LogP contribution in [0.25, 0.3) is 0 Å². The Hall–Kier alpha value is -0.560. The van der Waals surface area contributed by atoms with Crippen LogP contribution >= 0.6 is 23.2 Å². The van der Waals surface area contributed by atoms with Gasteiger partial charge in [0.2, 0.25) is 10.0 Å². The summed E-state index contributed by atoms with van der Waals surface area (Å²) in [5.74, 6) is -0.859. The summed E-state index contributed by atoms with van der Waals surface area (Å²) in [6, 6.07) is 2.35. The number of sulfonamides is 1. The Labute approximate surface area is 116 Å². The molecular formula is C10H13Cl2FN2O2S. The van der Waals surface area contributed by atoms with E-state index in [2.05, 4.69) is 10.0 Å². The Morgan fingerprint density at radius 1 is 1.28 bits per heavy atom. The molecule has 0 spiro atoms. The summed E-state index contributed by atoms with van der Waals surface area (Å²) in [7, 11) is -3.51. The first kappa shape index (κ1) is 15.5. The highest BCUT2D eigenvalue weighted by atomic mass is 35.5. The molecule has 4 nitrogen and oxygen atoms in total. The van der Waals surface area contributed by atoms with Gasteiger partial charge in [-0.3, -0.25) is 4.72 Å². The van der Waals surface area contributed by atoms with E-state index >= 15 is 0 Å². The van der Waals surface area contributed by atoms with E-state index in [9.17, 15) is 12.8 Å². The molecule has 0 heterocycles. The maximum absolute atomic E-state index is 13.1. The highest BCUT2D eigenvalue weighted by Gasteiger charge is 2.13. The summed E-state index contributed by atoms with van der Waals surface area (Å²) in [6.07, 6.45) is 0. The fourth-order valence-corrected chi connectivity index (χ4v) is 2.71. The predicted octanol–water partition coefficient (Wildman–Crippen LogP) is 2.48. The summed E-state index contributed by atoms with van der Waals surface area (Å²) >= 11 is 11.1. The standard InChI is InChI=1S/C10H13Cl2FN2O2S/c1-2-14-3-4-18(16,17)15-7-5-8(11)10(13)9(12)6-7/h5-6,14-15H,2-4H2,1H3. The predicted molar refractivity (Wildman–Crippen MR) is 72.4 cm³/mol. The molecule has 2 N–H and O–H groups in total. The molecule has 0 aliphatic rings. The van der Waals surface area contributed by atoms with Crippen LogP contribution in [0.15, 0.2) is 12.1 Å². The van der Waals surface area contributed by atoms with Crippen LogP contribution in [0.3, 0.4) is 0 Å². The molecule has 0 aliphatic carbocycles. The normalized spacial score (nSPS) is 11.6. The number of nitrogens with one attached hydrogen (secondary N) is 2. The van der Waals surface area contributed by atoms with Gasteiger partial charge in [0.25, 0.3) is 0 Å². The van der Waals surface area contributed by atoms with Crippen molar-refractivity contribution in [3.05, 3.63) is 28.0 Å². The fourth-order valence-electron chi connectivity index (χ4n) is 1.23. The molecule has 0 fully saturated rings. The van der Waals surface area contributed by atoms with Crippen LogP contribution in [-0.4, -0.2) is 27.3 Å². The molecule has 0 unspecified atom stereocenters. The van der Waals surface area contributed by atoms with Gasteiger partial charge in [-0.05, 0) is 18.7 Å². The molecule has 1 aromatic rings. The van der Waals surface area contributed by atoms with E-state index in [-0.39, 0.29) is 21.5 Å². The number of halogens is 3. The minimum Gasteiger partial charge on any atom is -0.316 e. The van der Waals surface area contributed by atoms with Crippen molar-refractivity contribution < 1.29 is 12.8 Å². The van der Waals surface area contributed by atoms with E-state index in [4.69, 9.17) is 23.2 Å². The van der Waals surface area contributed by atoms with E-state index in [0.717, 1.165) is 0 Å². The maximum atomic E-state index is 13.1. The number of anilines is 1. The van der Waals surface area contributed by atoms with Crippen molar-refractivity contribution in [2.24, 2.45) is 0 Å². The smallest absolute Gasteiger partial charge is 0.233 e. The third-order valence-corrected chi connectivity index (χ3v) is 3.89. The van der Waals surface area contributed by atoms with Gasteiger partial charge < -0.3 is 5.32 Å². The second kappa shape index (κ2) is 6.56. The first-order chi connectivity index (χ1) is 8.35. The molecule has 0 bridgehead atoms. The van der Waals surface area contributed by atoms with E-state index in [1.165, 1.54) is 12.1 Å². The van der Waals surface area contributed by atoms with Gasteiger partial charge in [0.1, 0.15) is 0 Å². The van der Waals surface area contributed by atoms with Gasteiger partial charge in [0.05, 0.1) is 21.5 Å². The second-order valence-electron chi connectivity index (χ2n) is 3.53. The second-order valence-corrected chi connectivity index (χ2v) is 6.18. The Morgan fingerprint density at radius 2 is 1.83 bits per heavy atom. The average molecular weight is 315 g/mol. The van der Waals surface area contributed by atoms with Gasteiger partial charge in [-0.2, -0.15) is 0 Å². The minimum atomic E-state index is -3.51. The van der Waals surface area contributed by atoms with Crippen molar-refractivity contribution in [1.29, 1.82) is 0 Å². The summed E-state index contributed by atoms with van der Waals surface area (Å²) in [5, 5.41) is 2.43. The molecule has 0 aliphatic heterocycles. The lowest BCUT2D eigenvalue weighted by Gasteiger charge is -2.09. The van der Waals surface area contributed by atoms with E-state index in [1.54, 1.807) is 0 Å². The summed E-state index contributed by atoms with van der Waals surface area (Å²) < 4.78 is 38.7. The quantitative estimate of drug-likeness (QED) is 0.626. The van der Waals surface area contributed by atoms with Crippen molar-refractivity contribution in [2.45, 2.75) is 6.92 Å². The number of benzene rings is 1.